The van der Waals surface area contributed by atoms with E-state index in [1.54, 1.807) is 18.5 Å². The standard InChI is InChI=1S/C12H7FN2S/c13-10-5-9(8-14)6-12(7-10)16-11-1-3-15-4-2-11/h1-7H. The van der Waals surface area contributed by atoms with E-state index in [9.17, 15) is 4.39 Å². The van der Waals surface area contributed by atoms with Crippen LogP contribution in [0.1, 0.15) is 5.56 Å². The van der Waals surface area contributed by atoms with Gasteiger partial charge in [0.05, 0.1) is 11.6 Å². The first kappa shape index (κ1) is 10.7. The average Bonchev–Trinajstić information content (AvgIpc) is 2.29. The molecule has 0 aliphatic heterocycles. The minimum Gasteiger partial charge on any atom is -0.265 e. The second-order valence-corrected chi connectivity index (χ2v) is 4.22. The first-order valence-corrected chi connectivity index (χ1v) is 5.38. The van der Waals surface area contributed by atoms with Crippen LogP contribution in [0.2, 0.25) is 0 Å². The molecule has 0 N–H and O–H groups in total. The molecule has 0 bridgehead atoms. The van der Waals surface area contributed by atoms with Crippen molar-refractivity contribution in [3.05, 3.63) is 54.1 Å². The van der Waals surface area contributed by atoms with Gasteiger partial charge in [-0.25, -0.2) is 4.39 Å². The largest absolute Gasteiger partial charge is 0.265 e. The summed E-state index contributed by atoms with van der Waals surface area (Å²) in [5.74, 6) is -0.393. The van der Waals surface area contributed by atoms with E-state index >= 15 is 0 Å². The third kappa shape index (κ3) is 2.59. The van der Waals surface area contributed by atoms with Gasteiger partial charge in [-0.1, -0.05) is 11.8 Å². The quantitative estimate of drug-likeness (QED) is 0.794. The monoisotopic (exact) mass is 230 g/mol. The lowest BCUT2D eigenvalue weighted by molar-refractivity contribution is 0.623. The zero-order chi connectivity index (χ0) is 11.4. The van der Waals surface area contributed by atoms with Gasteiger partial charge in [-0.15, -0.1) is 0 Å². The topological polar surface area (TPSA) is 36.7 Å². The molecule has 1 heterocycles. The minimum absolute atomic E-state index is 0.330. The molecule has 0 unspecified atom stereocenters. The van der Waals surface area contributed by atoms with Crippen LogP contribution in [0, 0.1) is 17.1 Å². The van der Waals surface area contributed by atoms with Gasteiger partial charge in [0, 0.05) is 22.2 Å². The van der Waals surface area contributed by atoms with Crippen LogP contribution in [0.3, 0.4) is 0 Å². The highest BCUT2D eigenvalue weighted by Crippen LogP contribution is 2.28. The summed E-state index contributed by atoms with van der Waals surface area (Å²) in [6.07, 6.45) is 3.35. The number of hydrogen-bond donors (Lipinski definition) is 0. The van der Waals surface area contributed by atoms with Gasteiger partial charge in [-0.3, -0.25) is 4.98 Å². The summed E-state index contributed by atoms with van der Waals surface area (Å²) in [4.78, 5) is 5.57. The third-order valence-electron chi connectivity index (χ3n) is 1.89. The highest BCUT2D eigenvalue weighted by Gasteiger charge is 2.02. The van der Waals surface area contributed by atoms with E-state index in [1.165, 1.54) is 23.9 Å². The number of halogens is 1. The summed E-state index contributed by atoms with van der Waals surface area (Å²) in [5, 5.41) is 8.72. The molecule has 78 valence electrons. The Bertz CT molecular complexity index is 534. The Morgan fingerprint density at radius 2 is 1.88 bits per heavy atom. The maximum atomic E-state index is 13.1. The van der Waals surface area contributed by atoms with Crippen LogP contribution in [0.25, 0.3) is 0 Å². The molecular weight excluding hydrogens is 223 g/mol. The second kappa shape index (κ2) is 4.77. The predicted molar refractivity (Wildman–Crippen MR) is 59.5 cm³/mol. The fourth-order valence-electron chi connectivity index (χ4n) is 1.23. The normalized spacial score (nSPS) is 9.75. The average molecular weight is 230 g/mol. The number of nitrogens with zero attached hydrogens (tertiary/aromatic N) is 2. The van der Waals surface area contributed by atoms with Crippen molar-refractivity contribution in [1.29, 1.82) is 5.26 Å². The van der Waals surface area contributed by atoms with Crippen molar-refractivity contribution in [2.75, 3.05) is 0 Å². The van der Waals surface area contributed by atoms with Gasteiger partial charge < -0.3 is 0 Å². The molecule has 0 atom stereocenters. The summed E-state index contributed by atoms with van der Waals surface area (Å²) in [6, 6.07) is 9.89. The SMILES string of the molecule is N#Cc1cc(F)cc(Sc2ccncc2)c1. The van der Waals surface area contributed by atoms with Gasteiger partial charge in [0.1, 0.15) is 5.82 Å². The first-order valence-electron chi connectivity index (χ1n) is 4.56. The number of hydrogen-bond acceptors (Lipinski definition) is 3. The number of aromatic nitrogens is 1. The molecule has 0 saturated carbocycles. The summed E-state index contributed by atoms with van der Waals surface area (Å²) in [7, 11) is 0. The molecule has 0 aliphatic rings. The van der Waals surface area contributed by atoms with Crippen molar-refractivity contribution in [2.24, 2.45) is 0 Å². The summed E-state index contributed by atoms with van der Waals surface area (Å²) in [5.41, 5.74) is 0.330. The molecule has 2 nitrogen and oxygen atoms in total. The van der Waals surface area contributed by atoms with E-state index in [-0.39, 0.29) is 0 Å². The maximum absolute atomic E-state index is 13.1. The van der Waals surface area contributed by atoms with Crippen molar-refractivity contribution < 1.29 is 4.39 Å². The van der Waals surface area contributed by atoms with Gasteiger partial charge in [-0.05, 0) is 30.3 Å². The Labute approximate surface area is 96.8 Å². The fourth-order valence-corrected chi connectivity index (χ4v) is 2.12. The van der Waals surface area contributed by atoms with E-state index in [1.807, 2.05) is 18.2 Å². The molecule has 2 aromatic rings. The zero-order valence-corrected chi connectivity index (χ0v) is 9.04. The fraction of sp³-hybridized carbons (Fsp3) is 0. The molecule has 1 aromatic carbocycles. The van der Waals surface area contributed by atoms with E-state index in [0.29, 0.717) is 10.5 Å². The second-order valence-electron chi connectivity index (χ2n) is 3.07. The van der Waals surface area contributed by atoms with Gasteiger partial charge >= 0.3 is 0 Å². The lowest BCUT2D eigenvalue weighted by Crippen LogP contribution is -1.82. The minimum atomic E-state index is -0.393. The van der Waals surface area contributed by atoms with E-state index in [2.05, 4.69) is 4.98 Å². The molecule has 0 saturated heterocycles. The van der Waals surface area contributed by atoms with Gasteiger partial charge in [-0.2, -0.15) is 5.26 Å². The van der Waals surface area contributed by atoms with Crippen molar-refractivity contribution in [3.63, 3.8) is 0 Å². The lowest BCUT2D eigenvalue weighted by atomic mass is 10.2. The zero-order valence-electron chi connectivity index (χ0n) is 8.22. The maximum Gasteiger partial charge on any atom is 0.125 e. The van der Waals surface area contributed by atoms with Crippen LogP contribution < -0.4 is 0 Å². The Hall–Kier alpha value is -1.86. The van der Waals surface area contributed by atoms with Crippen LogP contribution >= 0.6 is 11.8 Å². The first-order chi connectivity index (χ1) is 7.78. The predicted octanol–water partition coefficient (Wildman–Crippen LogP) is 3.24. The molecule has 1 aromatic heterocycles. The van der Waals surface area contributed by atoms with Crippen LogP contribution in [-0.4, -0.2) is 4.98 Å². The molecule has 0 spiro atoms. The Morgan fingerprint density at radius 1 is 1.12 bits per heavy atom. The number of nitriles is 1. The highest BCUT2D eigenvalue weighted by molar-refractivity contribution is 7.99. The molecule has 0 radical (unpaired) electrons. The number of pyridine rings is 1. The summed E-state index contributed by atoms with van der Waals surface area (Å²) in [6.45, 7) is 0. The molecule has 2 rings (SSSR count). The van der Waals surface area contributed by atoms with E-state index in [0.717, 1.165) is 4.90 Å². The Balaban J connectivity index is 2.29. The summed E-state index contributed by atoms with van der Waals surface area (Å²) < 4.78 is 13.1. The molecular formula is C12H7FN2S. The van der Waals surface area contributed by atoms with Gasteiger partial charge in [0.2, 0.25) is 0 Å². The smallest absolute Gasteiger partial charge is 0.125 e. The van der Waals surface area contributed by atoms with E-state index in [4.69, 9.17) is 5.26 Å². The summed E-state index contributed by atoms with van der Waals surface area (Å²) >= 11 is 1.40. The molecule has 0 amide bonds. The van der Waals surface area contributed by atoms with Crippen LogP contribution in [0.5, 0.6) is 0 Å². The van der Waals surface area contributed by atoms with Gasteiger partial charge in [0.15, 0.2) is 0 Å². The van der Waals surface area contributed by atoms with Crippen LogP contribution in [-0.2, 0) is 0 Å². The van der Waals surface area contributed by atoms with Crippen LogP contribution in [0.15, 0.2) is 52.5 Å². The van der Waals surface area contributed by atoms with Gasteiger partial charge in [0.25, 0.3) is 0 Å². The van der Waals surface area contributed by atoms with Crippen molar-refractivity contribution in [2.45, 2.75) is 9.79 Å². The molecule has 0 aliphatic carbocycles. The molecule has 0 fully saturated rings. The van der Waals surface area contributed by atoms with Crippen LogP contribution in [0.4, 0.5) is 4.39 Å². The number of benzene rings is 1. The molecule has 4 heteroatoms. The van der Waals surface area contributed by atoms with E-state index < -0.39 is 5.82 Å². The van der Waals surface area contributed by atoms with Crippen molar-refractivity contribution >= 4 is 11.8 Å². The molecule has 16 heavy (non-hydrogen) atoms. The number of rotatable bonds is 2. The Kier molecular flexibility index (Phi) is 3.18. The lowest BCUT2D eigenvalue weighted by Gasteiger charge is -2.01. The van der Waals surface area contributed by atoms with Crippen molar-refractivity contribution in [3.8, 4) is 6.07 Å². The van der Waals surface area contributed by atoms with Crippen molar-refractivity contribution in [1.82, 2.24) is 4.98 Å². The Morgan fingerprint density at radius 3 is 2.56 bits per heavy atom. The highest BCUT2D eigenvalue weighted by atomic mass is 32.2. The third-order valence-corrected chi connectivity index (χ3v) is 2.87.